The van der Waals surface area contributed by atoms with Crippen molar-refractivity contribution in [3.63, 3.8) is 0 Å². The number of rotatable bonds is 6. The molecule has 0 bridgehead atoms. The zero-order valence-electron chi connectivity index (χ0n) is 15.6. The van der Waals surface area contributed by atoms with Gasteiger partial charge in [0.1, 0.15) is 0 Å². The quantitative estimate of drug-likeness (QED) is 0.766. The van der Waals surface area contributed by atoms with Crippen LogP contribution < -0.4 is 10.6 Å². The number of methoxy groups -OCH3 is 1. The highest BCUT2D eigenvalue weighted by molar-refractivity contribution is 5.80. The van der Waals surface area contributed by atoms with Gasteiger partial charge in [-0.15, -0.1) is 0 Å². The first-order valence-electron chi connectivity index (χ1n) is 9.97. The van der Waals surface area contributed by atoms with Crippen molar-refractivity contribution < 1.29 is 14.3 Å². The molecule has 0 aromatic heterocycles. The highest BCUT2D eigenvalue weighted by atomic mass is 16.5. The summed E-state index contributed by atoms with van der Waals surface area (Å²) in [5.41, 5.74) is 2.58. The summed E-state index contributed by atoms with van der Waals surface area (Å²) >= 11 is 0. The van der Waals surface area contributed by atoms with E-state index in [0.29, 0.717) is 13.2 Å². The van der Waals surface area contributed by atoms with E-state index in [1.807, 2.05) is 0 Å². The number of hydrogen-bond acceptors (Lipinski definition) is 4. The Kier molecular flexibility index (Phi) is 5.30. The van der Waals surface area contributed by atoms with Gasteiger partial charge < -0.3 is 20.1 Å². The Bertz CT molecular complexity index is 638. The molecule has 2 aliphatic carbocycles. The van der Waals surface area contributed by atoms with Crippen molar-refractivity contribution in [3.05, 3.63) is 35.4 Å². The second-order valence-electron chi connectivity index (χ2n) is 7.89. The Morgan fingerprint density at radius 2 is 2.00 bits per heavy atom. The number of carbonyl (C=O) groups excluding carboxylic acids is 1. The lowest BCUT2D eigenvalue weighted by molar-refractivity contribution is -0.130. The molecule has 1 amide bonds. The summed E-state index contributed by atoms with van der Waals surface area (Å²) in [5, 5.41) is 6.84. The summed E-state index contributed by atoms with van der Waals surface area (Å²) in [6, 6.07) is 8.54. The number of nitrogens with one attached hydrogen (secondary N) is 2. The fourth-order valence-electron chi connectivity index (χ4n) is 4.89. The van der Waals surface area contributed by atoms with E-state index in [4.69, 9.17) is 9.47 Å². The fourth-order valence-corrected chi connectivity index (χ4v) is 4.89. The van der Waals surface area contributed by atoms with E-state index >= 15 is 0 Å². The molecule has 4 rings (SSSR count). The van der Waals surface area contributed by atoms with E-state index in [2.05, 4.69) is 34.9 Å². The molecule has 2 N–H and O–H groups in total. The van der Waals surface area contributed by atoms with E-state index in [9.17, 15) is 4.79 Å². The standard InChI is InChI=1S/C21H30N2O3/c1-25-13-14-26-19-18(23-20(24)15-5-4-6-15)16-7-2-3-8-17(16)21(19)9-11-22-12-10-21/h2-3,7-8,15,18-19,22H,4-6,9-14H2,1H3,(H,23,24)/t18-,19+/m0/s1. The Morgan fingerprint density at radius 1 is 1.23 bits per heavy atom. The van der Waals surface area contributed by atoms with Crippen LogP contribution in [0.2, 0.25) is 0 Å². The van der Waals surface area contributed by atoms with Crippen molar-refractivity contribution in [1.29, 1.82) is 0 Å². The monoisotopic (exact) mass is 358 g/mol. The van der Waals surface area contributed by atoms with Crippen LogP contribution in [-0.4, -0.2) is 45.4 Å². The van der Waals surface area contributed by atoms with Crippen molar-refractivity contribution in [2.45, 2.75) is 49.7 Å². The van der Waals surface area contributed by atoms with Gasteiger partial charge in [0, 0.05) is 18.4 Å². The lowest BCUT2D eigenvalue weighted by Gasteiger charge is -2.41. The molecule has 1 saturated heterocycles. The molecule has 2 fully saturated rings. The Labute approximate surface area is 155 Å². The normalized spacial score (nSPS) is 27.1. The highest BCUT2D eigenvalue weighted by Crippen LogP contribution is 2.51. The minimum atomic E-state index is -0.0609. The number of ether oxygens (including phenoxy) is 2. The average molecular weight is 358 g/mol. The first-order chi connectivity index (χ1) is 12.8. The number of hydrogen-bond donors (Lipinski definition) is 2. The van der Waals surface area contributed by atoms with Crippen LogP contribution in [0.4, 0.5) is 0 Å². The largest absolute Gasteiger partial charge is 0.382 e. The first kappa shape index (κ1) is 18.0. The van der Waals surface area contributed by atoms with Gasteiger partial charge in [0.2, 0.25) is 5.91 Å². The molecule has 5 nitrogen and oxygen atoms in total. The van der Waals surface area contributed by atoms with Crippen molar-refractivity contribution in [1.82, 2.24) is 10.6 Å². The maximum atomic E-state index is 12.7. The number of fused-ring (bicyclic) bond motifs is 2. The molecule has 26 heavy (non-hydrogen) atoms. The van der Waals surface area contributed by atoms with Crippen molar-refractivity contribution in [2.75, 3.05) is 33.4 Å². The van der Waals surface area contributed by atoms with E-state index in [1.54, 1.807) is 7.11 Å². The van der Waals surface area contributed by atoms with Gasteiger partial charge in [0.15, 0.2) is 0 Å². The first-order valence-corrected chi connectivity index (χ1v) is 9.97. The molecule has 142 valence electrons. The number of amides is 1. The summed E-state index contributed by atoms with van der Waals surface area (Å²) in [7, 11) is 1.70. The predicted octanol–water partition coefficient (Wildman–Crippen LogP) is 2.31. The van der Waals surface area contributed by atoms with Crippen LogP contribution in [0.15, 0.2) is 24.3 Å². The van der Waals surface area contributed by atoms with Crippen molar-refractivity contribution in [3.8, 4) is 0 Å². The van der Waals surface area contributed by atoms with Crippen LogP contribution in [0.5, 0.6) is 0 Å². The van der Waals surface area contributed by atoms with E-state index < -0.39 is 0 Å². The maximum absolute atomic E-state index is 12.7. The molecular weight excluding hydrogens is 328 g/mol. The second-order valence-corrected chi connectivity index (χ2v) is 7.89. The Morgan fingerprint density at radius 3 is 2.69 bits per heavy atom. The predicted molar refractivity (Wildman–Crippen MR) is 100 cm³/mol. The van der Waals surface area contributed by atoms with Crippen LogP contribution in [0, 0.1) is 5.92 Å². The molecule has 2 atom stereocenters. The van der Waals surface area contributed by atoms with Crippen LogP contribution in [0.25, 0.3) is 0 Å². The van der Waals surface area contributed by atoms with Gasteiger partial charge in [0.25, 0.3) is 0 Å². The molecule has 5 heteroatoms. The minimum Gasteiger partial charge on any atom is -0.382 e. The molecule has 1 aromatic carbocycles. The van der Waals surface area contributed by atoms with Gasteiger partial charge in [-0.1, -0.05) is 30.7 Å². The molecule has 3 aliphatic rings. The molecule has 1 heterocycles. The van der Waals surface area contributed by atoms with Gasteiger partial charge in [-0.3, -0.25) is 4.79 Å². The van der Waals surface area contributed by atoms with Crippen LogP contribution in [0.3, 0.4) is 0 Å². The Balaban J connectivity index is 1.65. The average Bonchev–Trinajstić information content (AvgIpc) is 2.85. The van der Waals surface area contributed by atoms with E-state index in [1.165, 1.54) is 17.5 Å². The molecule has 1 aromatic rings. The molecule has 0 unspecified atom stereocenters. The zero-order chi connectivity index (χ0) is 18.0. The second kappa shape index (κ2) is 7.67. The number of piperidine rings is 1. The summed E-state index contributed by atoms with van der Waals surface area (Å²) in [6.45, 7) is 3.11. The van der Waals surface area contributed by atoms with E-state index in [0.717, 1.165) is 38.8 Å². The third-order valence-electron chi connectivity index (χ3n) is 6.53. The van der Waals surface area contributed by atoms with Crippen molar-refractivity contribution >= 4 is 5.91 Å². The lowest BCUT2D eigenvalue weighted by Crippen LogP contribution is -2.50. The zero-order valence-corrected chi connectivity index (χ0v) is 15.6. The molecule has 1 saturated carbocycles. The van der Waals surface area contributed by atoms with Crippen molar-refractivity contribution in [2.24, 2.45) is 5.92 Å². The molecular formula is C21H30N2O3. The lowest BCUT2D eigenvalue weighted by atomic mass is 9.72. The topological polar surface area (TPSA) is 59.6 Å². The Hall–Kier alpha value is -1.43. The minimum absolute atomic E-state index is 0.0207. The molecule has 1 spiro atoms. The SMILES string of the molecule is COCCO[C@@H]1[C@@H](NC(=O)C2CCC2)c2ccccc2C12CCNCC2. The highest BCUT2D eigenvalue weighted by Gasteiger charge is 2.53. The maximum Gasteiger partial charge on any atom is 0.223 e. The summed E-state index contributed by atoms with van der Waals surface area (Å²) in [5.74, 6) is 0.383. The van der Waals surface area contributed by atoms with Gasteiger partial charge in [0.05, 0.1) is 25.4 Å². The molecule has 0 radical (unpaired) electrons. The van der Waals surface area contributed by atoms with Crippen LogP contribution >= 0.6 is 0 Å². The van der Waals surface area contributed by atoms with Gasteiger partial charge in [-0.2, -0.15) is 0 Å². The van der Waals surface area contributed by atoms with Gasteiger partial charge in [-0.05, 0) is 49.9 Å². The van der Waals surface area contributed by atoms with Gasteiger partial charge >= 0.3 is 0 Å². The summed E-state index contributed by atoms with van der Waals surface area (Å²) in [6.07, 6.45) is 5.26. The third kappa shape index (κ3) is 3.06. The summed E-state index contributed by atoms with van der Waals surface area (Å²) in [4.78, 5) is 12.7. The fraction of sp³-hybridized carbons (Fsp3) is 0.667. The third-order valence-corrected chi connectivity index (χ3v) is 6.53. The van der Waals surface area contributed by atoms with Crippen LogP contribution in [-0.2, 0) is 19.7 Å². The van der Waals surface area contributed by atoms with E-state index in [-0.39, 0.29) is 29.4 Å². The smallest absolute Gasteiger partial charge is 0.223 e. The number of carbonyl (C=O) groups is 1. The summed E-state index contributed by atoms with van der Waals surface area (Å²) < 4.78 is 11.6. The van der Waals surface area contributed by atoms with Crippen LogP contribution in [0.1, 0.15) is 49.3 Å². The van der Waals surface area contributed by atoms with Gasteiger partial charge in [-0.25, -0.2) is 0 Å². The number of benzene rings is 1. The molecule has 1 aliphatic heterocycles.